The molecule has 0 aliphatic carbocycles. The topological polar surface area (TPSA) is 70.6 Å². The summed E-state index contributed by atoms with van der Waals surface area (Å²) in [6.45, 7) is 1.21. The van der Waals surface area contributed by atoms with E-state index in [1.54, 1.807) is 7.11 Å². The normalized spacial score (nSPS) is 21.8. The number of halogens is 1. The Hall–Kier alpha value is -2.08. The van der Waals surface area contributed by atoms with Gasteiger partial charge in [-0.1, -0.05) is 48.5 Å². The molecule has 1 aliphatic heterocycles. The molecule has 0 aromatic heterocycles. The highest BCUT2D eigenvalue weighted by atomic mass is 35.5. The number of carbonyl (C=O) groups excluding carboxylic acids is 1. The van der Waals surface area contributed by atoms with Gasteiger partial charge in [0.15, 0.2) is 0 Å². The number of carbonyl (C=O) groups is 1. The highest BCUT2D eigenvalue weighted by Crippen LogP contribution is 2.31. The molecule has 0 unspecified atom stereocenters. The van der Waals surface area contributed by atoms with Crippen LogP contribution in [0, 0.1) is 0 Å². The number of para-hydroxylation sites is 1. The fraction of sp³-hybridized carbons (Fsp3) is 0.381. The summed E-state index contributed by atoms with van der Waals surface area (Å²) in [5.74, 6) is 0.723. The largest absolute Gasteiger partial charge is 0.496 e. The molecule has 1 amide bonds. The third-order valence-electron chi connectivity index (χ3n) is 5.07. The van der Waals surface area contributed by atoms with Gasteiger partial charge < -0.3 is 20.5 Å². The Morgan fingerprint density at radius 3 is 2.63 bits per heavy atom. The van der Waals surface area contributed by atoms with Crippen LogP contribution in [0.4, 0.5) is 0 Å². The standard InChI is InChI=1S/C21H26N2O3.ClH/c1-26-18-10-6-5-7-16(18)11-12-20(25)23-21(13-14-22-15-19(21)24)17-8-3-2-4-9-17;/h2-10,19,22,24H,11-15H2,1H3,(H,23,25);1H/t19-,21+;/m1./s1. The number of nitrogens with one attached hydrogen (secondary N) is 2. The van der Waals surface area contributed by atoms with Crippen molar-refractivity contribution < 1.29 is 14.6 Å². The van der Waals surface area contributed by atoms with E-state index in [9.17, 15) is 9.90 Å². The third kappa shape index (κ3) is 4.80. The second-order valence-corrected chi connectivity index (χ2v) is 6.67. The molecule has 2 atom stereocenters. The molecule has 0 bridgehead atoms. The van der Waals surface area contributed by atoms with E-state index in [0.717, 1.165) is 23.4 Å². The average molecular weight is 391 g/mol. The van der Waals surface area contributed by atoms with E-state index >= 15 is 0 Å². The van der Waals surface area contributed by atoms with Gasteiger partial charge >= 0.3 is 0 Å². The number of benzene rings is 2. The Kier molecular flexibility index (Phi) is 7.66. The number of ether oxygens (including phenoxy) is 1. The number of aliphatic hydroxyl groups is 1. The van der Waals surface area contributed by atoms with E-state index in [1.165, 1.54) is 0 Å². The van der Waals surface area contributed by atoms with Gasteiger partial charge in [0.1, 0.15) is 5.75 Å². The zero-order chi connectivity index (χ0) is 18.4. The van der Waals surface area contributed by atoms with Crippen molar-refractivity contribution in [3.8, 4) is 5.75 Å². The van der Waals surface area contributed by atoms with Crippen LogP contribution < -0.4 is 15.4 Å². The van der Waals surface area contributed by atoms with E-state index in [2.05, 4.69) is 10.6 Å². The molecule has 27 heavy (non-hydrogen) atoms. The lowest BCUT2D eigenvalue weighted by atomic mass is 9.79. The molecule has 1 heterocycles. The van der Waals surface area contributed by atoms with Crippen LogP contribution in [0.5, 0.6) is 5.75 Å². The minimum absolute atomic E-state index is 0. The van der Waals surface area contributed by atoms with Crippen LogP contribution in [0.1, 0.15) is 24.0 Å². The van der Waals surface area contributed by atoms with Crippen molar-refractivity contribution in [3.63, 3.8) is 0 Å². The maximum atomic E-state index is 12.7. The molecular weight excluding hydrogens is 364 g/mol. The van der Waals surface area contributed by atoms with Gasteiger partial charge in [-0.25, -0.2) is 0 Å². The first-order chi connectivity index (χ1) is 12.7. The number of aryl methyl sites for hydroxylation is 1. The predicted molar refractivity (Wildman–Crippen MR) is 108 cm³/mol. The molecule has 0 radical (unpaired) electrons. The van der Waals surface area contributed by atoms with Crippen molar-refractivity contribution in [1.82, 2.24) is 10.6 Å². The maximum absolute atomic E-state index is 12.7. The molecule has 3 N–H and O–H groups in total. The van der Waals surface area contributed by atoms with Gasteiger partial charge in [-0.3, -0.25) is 4.79 Å². The van der Waals surface area contributed by atoms with Crippen LogP contribution in [0.3, 0.4) is 0 Å². The lowest BCUT2D eigenvalue weighted by molar-refractivity contribution is -0.125. The SMILES string of the molecule is COc1ccccc1CCC(=O)N[C@]1(c2ccccc2)CCNC[C@H]1O.Cl. The van der Waals surface area contributed by atoms with Gasteiger partial charge in [0.05, 0.1) is 18.8 Å². The van der Waals surface area contributed by atoms with Crippen LogP contribution in [0.15, 0.2) is 54.6 Å². The predicted octanol–water partition coefficient (Wildman–Crippen LogP) is 2.42. The fourth-order valence-corrected chi connectivity index (χ4v) is 3.62. The first-order valence-electron chi connectivity index (χ1n) is 9.03. The molecule has 1 fully saturated rings. The Bertz CT molecular complexity index is 741. The minimum Gasteiger partial charge on any atom is -0.496 e. The van der Waals surface area contributed by atoms with Crippen molar-refractivity contribution in [2.75, 3.05) is 20.2 Å². The van der Waals surface area contributed by atoms with E-state index in [4.69, 9.17) is 4.74 Å². The number of hydrogen-bond acceptors (Lipinski definition) is 4. The summed E-state index contributed by atoms with van der Waals surface area (Å²) < 4.78 is 5.35. The zero-order valence-electron chi connectivity index (χ0n) is 15.5. The van der Waals surface area contributed by atoms with Crippen LogP contribution in [-0.4, -0.2) is 37.3 Å². The summed E-state index contributed by atoms with van der Waals surface area (Å²) in [5, 5.41) is 17.0. The van der Waals surface area contributed by atoms with Gasteiger partial charge in [0.25, 0.3) is 0 Å². The van der Waals surface area contributed by atoms with E-state index in [0.29, 0.717) is 25.8 Å². The molecule has 0 saturated carbocycles. The summed E-state index contributed by atoms with van der Waals surface area (Å²) in [6.07, 6.45) is 0.914. The molecule has 2 aromatic carbocycles. The summed E-state index contributed by atoms with van der Waals surface area (Å²) in [7, 11) is 1.63. The molecule has 1 aliphatic rings. The Morgan fingerprint density at radius 2 is 1.93 bits per heavy atom. The van der Waals surface area contributed by atoms with Crippen molar-refractivity contribution in [2.45, 2.75) is 30.9 Å². The average Bonchev–Trinajstić information content (AvgIpc) is 2.69. The second kappa shape index (κ2) is 9.74. The fourth-order valence-electron chi connectivity index (χ4n) is 3.62. The highest BCUT2D eigenvalue weighted by molar-refractivity contribution is 5.85. The van der Waals surface area contributed by atoms with Gasteiger partial charge in [-0.15, -0.1) is 12.4 Å². The Morgan fingerprint density at radius 1 is 1.22 bits per heavy atom. The minimum atomic E-state index is -0.746. The second-order valence-electron chi connectivity index (χ2n) is 6.67. The van der Waals surface area contributed by atoms with Crippen molar-refractivity contribution in [1.29, 1.82) is 0 Å². The molecule has 146 valence electrons. The number of methoxy groups -OCH3 is 1. The first kappa shape index (κ1) is 21.2. The Balaban J connectivity index is 0.00000261. The number of hydrogen-bond donors (Lipinski definition) is 3. The van der Waals surface area contributed by atoms with Gasteiger partial charge in [0, 0.05) is 13.0 Å². The number of aliphatic hydroxyl groups excluding tert-OH is 1. The molecule has 2 aromatic rings. The summed E-state index contributed by atoms with van der Waals surface area (Å²) >= 11 is 0. The smallest absolute Gasteiger partial charge is 0.221 e. The van der Waals surface area contributed by atoms with E-state index in [1.807, 2.05) is 54.6 Å². The molecule has 5 nitrogen and oxygen atoms in total. The van der Waals surface area contributed by atoms with Crippen LogP contribution in [0.25, 0.3) is 0 Å². The van der Waals surface area contributed by atoms with Crippen molar-refractivity contribution >= 4 is 18.3 Å². The summed E-state index contributed by atoms with van der Waals surface area (Å²) in [4.78, 5) is 12.7. The highest BCUT2D eigenvalue weighted by Gasteiger charge is 2.42. The van der Waals surface area contributed by atoms with Crippen molar-refractivity contribution in [3.05, 3.63) is 65.7 Å². The van der Waals surface area contributed by atoms with Gasteiger partial charge in [-0.05, 0) is 36.6 Å². The molecular formula is C21H27ClN2O3. The first-order valence-corrected chi connectivity index (χ1v) is 9.03. The van der Waals surface area contributed by atoms with Crippen LogP contribution in [-0.2, 0) is 16.8 Å². The van der Waals surface area contributed by atoms with Crippen LogP contribution in [0.2, 0.25) is 0 Å². The summed E-state index contributed by atoms with van der Waals surface area (Å²) in [6, 6.07) is 17.5. The van der Waals surface area contributed by atoms with Crippen molar-refractivity contribution in [2.24, 2.45) is 0 Å². The lowest BCUT2D eigenvalue weighted by Crippen LogP contribution is -2.61. The molecule has 3 rings (SSSR count). The lowest BCUT2D eigenvalue weighted by Gasteiger charge is -2.43. The number of rotatable bonds is 6. The van der Waals surface area contributed by atoms with E-state index < -0.39 is 11.6 Å². The third-order valence-corrected chi connectivity index (χ3v) is 5.07. The van der Waals surface area contributed by atoms with E-state index in [-0.39, 0.29) is 18.3 Å². The number of amides is 1. The van der Waals surface area contributed by atoms with Gasteiger partial charge in [-0.2, -0.15) is 0 Å². The zero-order valence-corrected chi connectivity index (χ0v) is 16.3. The quantitative estimate of drug-likeness (QED) is 0.708. The number of piperidine rings is 1. The molecule has 1 saturated heterocycles. The number of β-amino-alcohol motifs (C(OH)–C–C–N with tert-alkyl or cyclic N) is 1. The Labute approximate surface area is 166 Å². The monoisotopic (exact) mass is 390 g/mol. The summed E-state index contributed by atoms with van der Waals surface area (Å²) in [5.41, 5.74) is 1.20. The molecule has 6 heteroatoms. The maximum Gasteiger partial charge on any atom is 0.221 e. The van der Waals surface area contributed by atoms with Crippen LogP contribution >= 0.6 is 12.4 Å². The molecule has 0 spiro atoms. The van der Waals surface area contributed by atoms with Gasteiger partial charge in [0.2, 0.25) is 5.91 Å².